The molecule has 0 spiro atoms. The Morgan fingerprint density at radius 1 is 1.38 bits per heavy atom. The van der Waals surface area contributed by atoms with Crippen molar-refractivity contribution in [1.82, 2.24) is 15.6 Å². The van der Waals surface area contributed by atoms with Gasteiger partial charge in [-0.3, -0.25) is 9.59 Å². The van der Waals surface area contributed by atoms with Crippen LogP contribution in [0.4, 0.5) is 0 Å². The third-order valence-corrected chi connectivity index (χ3v) is 2.65. The van der Waals surface area contributed by atoms with E-state index in [1.165, 1.54) is 18.3 Å². The number of amides is 2. The average Bonchev–Trinajstić information content (AvgIpc) is 2.58. The van der Waals surface area contributed by atoms with Crippen LogP contribution >= 0.6 is 11.3 Å². The summed E-state index contributed by atoms with van der Waals surface area (Å²) in [6.45, 7) is 4.25. The van der Waals surface area contributed by atoms with Crippen LogP contribution in [0.2, 0.25) is 0 Å². The highest BCUT2D eigenvalue weighted by molar-refractivity contribution is 7.09. The second-order valence-corrected chi connectivity index (χ2v) is 4.43. The van der Waals surface area contributed by atoms with Gasteiger partial charge in [0.1, 0.15) is 0 Å². The monoisotopic (exact) mass is 241 g/mol. The fourth-order valence-corrected chi connectivity index (χ4v) is 1.77. The molecule has 0 bridgehead atoms. The van der Waals surface area contributed by atoms with Crippen LogP contribution in [0.15, 0.2) is 5.38 Å². The largest absolute Gasteiger partial charge is 0.355 e. The zero-order valence-electron chi connectivity index (χ0n) is 9.37. The molecule has 0 saturated carbocycles. The molecule has 5 nitrogen and oxygen atoms in total. The van der Waals surface area contributed by atoms with Crippen molar-refractivity contribution in [2.45, 2.75) is 20.3 Å². The lowest BCUT2D eigenvalue weighted by Crippen LogP contribution is -2.34. The molecule has 2 N–H and O–H groups in total. The summed E-state index contributed by atoms with van der Waals surface area (Å²) in [7, 11) is 0. The number of carbonyl (C=O) groups excluding carboxylic acids is 2. The summed E-state index contributed by atoms with van der Waals surface area (Å²) in [5.41, 5.74) is 0.791. The first-order valence-electron chi connectivity index (χ1n) is 5.00. The Morgan fingerprint density at radius 2 is 2.06 bits per heavy atom. The van der Waals surface area contributed by atoms with E-state index in [0.717, 1.165) is 10.7 Å². The summed E-state index contributed by atoms with van der Waals surface area (Å²) >= 11 is 1.53. The van der Waals surface area contributed by atoms with Gasteiger partial charge in [-0.1, -0.05) is 0 Å². The van der Waals surface area contributed by atoms with Gasteiger partial charge in [-0.25, -0.2) is 4.98 Å². The molecule has 6 heteroatoms. The Labute approximate surface area is 98.3 Å². The first-order chi connectivity index (χ1) is 7.58. The van der Waals surface area contributed by atoms with Gasteiger partial charge in [0.05, 0.1) is 17.1 Å². The normalized spacial score (nSPS) is 9.88. The number of nitrogens with one attached hydrogen (secondary N) is 2. The third kappa shape index (κ3) is 4.88. The summed E-state index contributed by atoms with van der Waals surface area (Å²) < 4.78 is 0. The van der Waals surface area contributed by atoms with Crippen molar-refractivity contribution < 1.29 is 9.59 Å². The minimum absolute atomic E-state index is 0.0735. The first-order valence-corrected chi connectivity index (χ1v) is 5.88. The lowest BCUT2D eigenvalue weighted by Gasteiger charge is -2.04. The quantitative estimate of drug-likeness (QED) is 0.726. The van der Waals surface area contributed by atoms with E-state index in [0.29, 0.717) is 19.5 Å². The van der Waals surface area contributed by atoms with Crippen LogP contribution in [0, 0.1) is 6.92 Å². The maximum Gasteiger partial charge on any atom is 0.226 e. The number of hydrogen-bond donors (Lipinski definition) is 2. The van der Waals surface area contributed by atoms with Gasteiger partial charge in [-0.2, -0.15) is 0 Å². The molecule has 16 heavy (non-hydrogen) atoms. The minimum Gasteiger partial charge on any atom is -0.355 e. The Balaban J connectivity index is 2.18. The van der Waals surface area contributed by atoms with Crippen LogP contribution in [-0.2, 0) is 16.0 Å². The Kier molecular flexibility index (Phi) is 4.91. The smallest absolute Gasteiger partial charge is 0.226 e. The molecule has 0 aliphatic carbocycles. The van der Waals surface area contributed by atoms with E-state index in [1.807, 2.05) is 12.3 Å². The molecule has 0 aliphatic heterocycles. The van der Waals surface area contributed by atoms with E-state index in [1.54, 1.807) is 0 Å². The predicted molar refractivity (Wildman–Crippen MR) is 62.2 cm³/mol. The SMILES string of the molecule is CC(=O)NCCNC(=O)Cc1csc(C)n1. The van der Waals surface area contributed by atoms with E-state index in [9.17, 15) is 9.59 Å². The van der Waals surface area contributed by atoms with Crippen LogP contribution < -0.4 is 10.6 Å². The lowest BCUT2D eigenvalue weighted by molar-refractivity contribution is -0.121. The molecule has 0 fully saturated rings. The fraction of sp³-hybridized carbons (Fsp3) is 0.500. The molecule has 0 aromatic carbocycles. The summed E-state index contributed by atoms with van der Waals surface area (Å²) in [6.07, 6.45) is 0.296. The predicted octanol–water partition coefficient (Wildman–Crippen LogP) is 0.246. The van der Waals surface area contributed by atoms with Crippen molar-refractivity contribution in [2.24, 2.45) is 0 Å². The van der Waals surface area contributed by atoms with Gasteiger partial charge in [0.25, 0.3) is 0 Å². The highest BCUT2D eigenvalue weighted by atomic mass is 32.1. The van der Waals surface area contributed by atoms with Crippen molar-refractivity contribution >= 4 is 23.2 Å². The van der Waals surface area contributed by atoms with E-state index in [4.69, 9.17) is 0 Å². The van der Waals surface area contributed by atoms with E-state index in [-0.39, 0.29) is 11.8 Å². The summed E-state index contributed by atoms with van der Waals surface area (Å²) in [5.74, 6) is -0.167. The molecular weight excluding hydrogens is 226 g/mol. The van der Waals surface area contributed by atoms with E-state index in [2.05, 4.69) is 15.6 Å². The highest BCUT2D eigenvalue weighted by Gasteiger charge is 2.05. The van der Waals surface area contributed by atoms with Gasteiger partial charge in [-0.05, 0) is 6.92 Å². The van der Waals surface area contributed by atoms with Gasteiger partial charge in [0.2, 0.25) is 11.8 Å². The minimum atomic E-state index is -0.0932. The number of carbonyl (C=O) groups is 2. The number of hydrogen-bond acceptors (Lipinski definition) is 4. The van der Waals surface area contributed by atoms with Crippen LogP contribution in [-0.4, -0.2) is 29.9 Å². The lowest BCUT2D eigenvalue weighted by atomic mass is 10.3. The molecule has 2 amide bonds. The molecule has 88 valence electrons. The number of nitrogens with zero attached hydrogens (tertiary/aromatic N) is 1. The molecule has 0 saturated heterocycles. The van der Waals surface area contributed by atoms with E-state index < -0.39 is 0 Å². The van der Waals surface area contributed by atoms with Gasteiger partial charge in [0.15, 0.2) is 0 Å². The van der Waals surface area contributed by atoms with Crippen molar-refractivity contribution in [2.75, 3.05) is 13.1 Å². The third-order valence-electron chi connectivity index (χ3n) is 1.83. The Hall–Kier alpha value is -1.43. The summed E-state index contributed by atoms with van der Waals surface area (Å²) in [6, 6.07) is 0. The van der Waals surface area contributed by atoms with E-state index >= 15 is 0 Å². The topological polar surface area (TPSA) is 71.1 Å². The molecule has 1 aromatic heterocycles. The van der Waals surface area contributed by atoms with Crippen LogP contribution in [0.5, 0.6) is 0 Å². The number of rotatable bonds is 5. The zero-order chi connectivity index (χ0) is 12.0. The van der Waals surface area contributed by atoms with Gasteiger partial charge in [-0.15, -0.1) is 11.3 Å². The second-order valence-electron chi connectivity index (χ2n) is 3.37. The maximum absolute atomic E-state index is 11.4. The number of aromatic nitrogens is 1. The van der Waals surface area contributed by atoms with Crippen LogP contribution in [0.1, 0.15) is 17.6 Å². The van der Waals surface area contributed by atoms with Crippen LogP contribution in [0.3, 0.4) is 0 Å². The van der Waals surface area contributed by atoms with Crippen molar-refractivity contribution in [3.05, 3.63) is 16.1 Å². The molecule has 0 atom stereocenters. The second kappa shape index (κ2) is 6.22. The number of thiazole rings is 1. The van der Waals surface area contributed by atoms with Crippen molar-refractivity contribution in [1.29, 1.82) is 0 Å². The summed E-state index contributed by atoms with van der Waals surface area (Å²) in [4.78, 5) is 26.2. The Morgan fingerprint density at radius 3 is 2.62 bits per heavy atom. The van der Waals surface area contributed by atoms with Gasteiger partial charge < -0.3 is 10.6 Å². The highest BCUT2D eigenvalue weighted by Crippen LogP contribution is 2.07. The molecular formula is C10H15N3O2S. The van der Waals surface area contributed by atoms with Gasteiger partial charge >= 0.3 is 0 Å². The molecule has 1 aromatic rings. The average molecular weight is 241 g/mol. The van der Waals surface area contributed by atoms with Crippen LogP contribution in [0.25, 0.3) is 0 Å². The molecule has 0 unspecified atom stereocenters. The zero-order valence-corrected chi connectivity index (χ0v) is 10.2. The molecule has 0 aliphatic rings. The summed E-state index contributed by atoms with van der Waals surface area (Å²) in [5, 5.41) is 8.15. The molecule has 1 heterocycles. The van der Waals surface area contributed by atoms with Gasteiger partial charge in [0, 0.05) is 25.4 Å². The standard InChI is InChI=1S/C10H15N3O2S/c1-7(14)11-3-4-12-10(15)5-9-6-16-8(2)13-9/h6H,3-5H2,1-2H3,(H,11,14)(H,12,15). The Bertz CT molecular complexity index is 376. The molecule has 1 rings (SSSR count). The fourth-order valence-electron chi connectivity index (χ4n) is 1.16. The number of aryl methyl sites for hydroxylation is 1. The molecule has 0 radical (unpaired) electrons. The van der Waals surface area contributed by atoms with Crippen molar-refractivity contribution in [3.8, 4) is 0 Å². The van der Waals surface area contributed by atoms with Crippen molar-refractivity contribution in [3.63, 3.8) is 0 Å². The maximum atomic E-state index is 11.4. The first kappa shape index (κ1) is 12.6.